The Hall–Kier alpha value is -2.62. The number of fused-ring (bicyclic) bond motifs is 1. The number of benzene rings is 1. The first-order chi connectivity index (χ1) is 9.24. The van der Waals surface area contributed by atoms with Crippen LogP contribution in [0.5, 0.6) is 0 Å². The third kappa shape index (κ3) is 2.20. The molecular weight excluding hydrogens is 238 g/mol. The second-order valence-electron chi connectivity index (χ2n) is 4.41. The van der Waals surface area contributed by atoms with Gasteiger partial charge in [0.25, 0.3) is 5.56 Å². The van der Waals surface area contributed by atoms with E-state index in [4.69, 9.17) is 5.73 Å². The van der Waals surface area contributed by atoms with Crippen molar-refractivity contribution in [3.05, 3.63) is 70.6 Å². The van der Waals surface area contributed by atoms with Crippen LogP contribution in [0, 0.1) is 0 Å². The number of hydrogen-bond donors (Lipinski definition) is 1. The monoisotopic (exact) mass is 251 g/mol. The number of para-hydroxylation sites is 1. The third-order valence-electron chi connectivity index (χ3n) is 3.09. The van der Waals surface area contributed by atoms with E-state index in [1.165, 1.54) is 0 Å². The largest absolute Gasteiger partial charge is 0.384 e. The molecule has 0 aliphatic heterocycles. The first kappa shape index (κ1) is 11.5. The number of anilines is 1. The molecule has 0 aliphatic carbocycles. The van der Waals surface area contributed by atoms with E-state index >= 15 is 0 Å². The molecular formula is C15H13N3O. The van der Waals surface area contributed by atoms with Crippen molar-refractivity contribution in [1.82, 2.24) is 9.55 Å². The van der Waals surface area contributed by atoms with Crippen molar-refractivity contribution in [2.24, 2.45) is 0 Å². The van der Waals surface area contributed by atoms with E-state index < -0.39 is 0 Å². The van der Waals surface area contributed by atoms with Crippen molar-refractivity contribution in [2.75, 3.05) is 5.73 Å². The molecule has 0 atom stereocenters. The van der Waals surface area contributed by atoms with Crippen LogP contribution in [0.3, 0.4) is 0 Å². The molecule has 3 aromatic rings. The molecule has 2 N–H and O–H groups in total. The molecule has 0 radical (unpaired) electrons. The predicted molar refractivity (Wildman–Crippen MR) is 76.0 cm³/mol. The normalized spacial score (nSPS) is 10.7. The summed E-state index contributed by atoms with van der Waals surface area (Å²) in [6.45, 7) is 0.494. The van der Waals surface area contributed by atoms with Crippen molar-refractivity contribution in [3.8, 4) is 0 Å². The summed E-state index contributed by atoms with van der Waals surface area (Å²) in [5, 5.41) is 1.05. The average molecular weight is 251 g/mol. The summed E-state index contributed by atoms with van der Waals surface area (Å²) < 4.78 is 1.74. The van der Waals surface area contributed by atoms with Gasteiger partial charge in [0.15, 0.2) is 0 Å². The zero-order valence-corrected chi connectivity index (χ0v) is 10.3. The number of pyridine rings is 2. The summed E-state index contributed by atoms with van der Waals surface area (Å²) in [5.41, 5.74) is 7.42. The molecule has 2 heterocycles. The molecule has 0 unspecified atom stereocenters. The predicted octanol–water partition coefficient (Wildman–Crippen LogP) is 2.03. The molecule has 0 bridgehead atoms. The highest BCUT2D eigenvalue weighted by Gasteiger charge is 2.03. The number of aromatic nitrogens is 2. The lowest BCUT2D eigenvalue weighted by Gasteiger charge is -2.09. The minimum absolute atomic E-state index is 0.0180. The van der Waals surface area contributed by atoms with Crippen LogP contribution in [0.2, 0.25) is 0 Å². The number of nitrogens with two attached hydrogens (primary N) is 1. The highest BCUT2D eigenvalue weighted by atomic mass is 16.1. The van der Waals surface area contributed by atoms with Gasteiger partial charge < -0.3 is 10.3 Å². The zero-order valence-electron chi connectivity index (χ0n) is 10.3. The first-order valence-electron chi connectivity index (χ1n) is 6.03. The zero-order chi connectivity index (χ0) is 13.2. The van der Waals surface area contributed by atoms with Gasteiger partial charge >= 0.3 is 0 Å². The van der Waals surface area contributed by atoms with E-state index in [2.05, 4.69) is 4.98 Å². The van der Waals surface area contributed by atoms with Crippen molar-refractivity contribution in [2.45, 2.75) is 6.54 Å². The third-order valence-corrected chi connectivity index (χ3v) is 3.09. The van der Waals surface area contributed by atoms with Crippen LogP contribution in [0.1, 0.15) is 5.56 Å². The van der Waals surface area contributed by atoms with Crippen LogP contribution < -0.4 is 11.3 Å². The smallest absolute Gasteiger partial charge is 0.251 e. The minimum atomic E-state index is -0.0180. The Balaban J connectivity index is 2.12. The van der Waals surface area contributed by atoms with E-state index in [-0.39, 0.29) is 5.56 Å². The van der Waals surface area contributed by atoms with Gasteiger partial charge in [-0.1, -0.05) is 24.3 Å². The van der Waals surface area contributed by atoms with Crippen LogP contribution in [0.25, 0.3) is 10.9 Å². The first-order valence-corrected chi connectivity index (χ1v) is 6.03. The molecule has 3 rings (SSSR count). The van der Waals surface area contributed by atoms with E-state index in [9.17, 15) is 4.79 Å². The molecule has 0 fully saturated rings. The lowest BCUT2D eigenvalue weighted by atomic mass is 10.2. The van der Waals surface area contributed by atoms with Crippen LogP contribution >= 0.6 is 0 Å². The lowest BCUT2D eigenvalue weighted by molar-refractivity contribution is 0.791. The second kappa shape index (κ2) is 4.57. The molecule has 1 aromatic carbocycles. The van der Waals surface area contributed by atoms with Crippen LogP contribution in [-0.2, 0) is 6.54 Å². The summed E-state index contributed by atoms with van der Waals surface area (Å²) in [5.74, 6) is 0.481. The Morgan fingerprint density at radius 3 is 2.68 bits per heavy atom. The van der Waals surface area contributed by atoms with Crippen molar-refractivity contribution in [3.63, 3.8) is 0 Å². The van der Waals surface area contributed by atoms with Gasteiger partial charge in [-0.3, -0.25) is 4.79 Å². The molecule has 0 saturated heterocycles. The Bertz CT molecular complexity index is 775. The van der Waals surface area contributed by atoms with Gasteiger partial charge in [0, 0.05) is 12.3 Å². The van der Waals surface area contributed by atoms with Gasteiger partial charge in [0.2, 0.25) is 0 Å². The van der Waals surface area contributed by atoms with Crippen molar-refractivity contribution in [1.29, 1.82) is 0 Å². The molecule has 0 spiro atoms. The van der Waals surface area contributed by atoms with Crippen molar-refractivity contribution < 1.29 is 0 Å². The summed E-state index contributed by atoms with van der Waals surface area (Å²) >= 11 is 0. The Labute approximate surface area is 110 Å². The molecule has 4 nitrogen and oxygen atoms in total. The molecule has 0 amide bonds. The second-order valence-corrected chi connectivity index (χ2v) is 4.41. The maximum atomic E-state index is 12.0. The minimum Gasteiger partial charge on any atom is -0.384 e. The molecule has 19 heavy (non-hydrogen) atoms. The quantitative estimate of drug-likeness (QED) is 0.758. The summed E-state index contributed by atoms with van der Waals surface area (Å²) in [6.07, 6.45) is 1.70. The fourth-order valence-electron chi connectivity index (χ4n) is 2.12. The highest BCUT2D eigenvalue weighted by Crippen LogP contribution is 2.12. The lowest BCUT2D eigenvalue weighted by Crippen LogP contribution is -2.19. The Kier molecular flexibility index (Phi) is 2.76. The molecule has 0 saturated carbocycles. The molecule has 94 valence electrons. The van der Waals surface area contributed by atoms with Crippen LogP contribution in [-0.4, -0.2) is 9.55 Å². The topological polar surface area (TPSA) is 60.9 Å². The van der Waals surface area contributed by atoms with Gasteiger partial charge in [0.1, 0.15) is 5.82 Å². The summed E-state index contributed by atoms with van der Waals surface area (Å²) in [4.78, 5) is 16.1. The fraction of sp³-hybridized carbons (Fsp3) is 0.0667. The van der Waals surface area contributed by atoms with E-state index in [0.717, 1.165) is 16.5 Å². The maximum Gasteiger partial charge on any atom is 0.251 e. The van der Waals surface area contributed by atoms with Gasteiger partial charge in [-0.15, -0.1) is 0 Å². The number of rotatable bonds is 2. The number of hydrogen-bond acceptors (Lipinski definition) is 3. The Morgan fingerprint density at radius 1 is 1.05 bits per heavy atom. The molecule has 0 aliphatic rings. The van der Waals surface area contributed by atoms with Gasteiger partial charge in [-0.25, -0.2) is 4.98 Å². The van der Waals surface area contributed by atoms with E-state index in [1.54, 1.807) is 22.9 Å². The average Bonchev–Trinajstić information content (AvgIpc) is 2.44. The van der Waals surface area contributed by atoms with Crippen molar-refractivity contribution >= 4 is 16.7 Å². The Morgan fingerprint density at radius 2 is 1.89 bits per heavy atom. The standard InChI is InChI=1S/C15H13N3O/c16-14-7-5-11(9-17-14)10-18-13-4-2-1-3-12(13)6-8-15(18)19/h1-9H,10H2,(H2,16,17). The fourth-order valence-corrected chi connectivity index (χ4v) is 2.12. The highest BCUT2D eigenvalue weighted by molar-refractivity contribution is 5.78. The van der Waals surface area contributed by atoms with E-state index in [1.807, 2.05) is 36.4 Å². The van der Waals surface area contributed by atoms with Gasteiger partial charge in [0.05, 0.1) is 12.1 Å². The van der Waals surface area contributed by atoms with Crippen LogP contribution in [0.4, 0.5) is 5.82 Å². The number of nitrogens with zero attached hydrogens (tertiary/aromatic N) is 2. The molecule has 2 aromatic heterocycles. The summed E-state index contributed by atoms with van der Waals surface area (Å²) in [6, 6.07) is 14.9. The van der Waals surface area contributed by atoms with Gasteiger partial charge in [-0.05, 0) is 29.1 Å². The SMILES string of the molecule is Nc1ccc(Cn2c(=O)ccc3ccccc32)cn1. The van der Waals surface area contributed by atoms with E-state index in [0.29, 0.717) is 12.4 Å². The van der Waals surface area contributed by atoms with Crippen LogP contribution in [0.15, 0.2) is 59.5 Å². The maximum absolute atomic E-state index is 12.0. The number of nitrogen functional groups attached to an aromatic ring is 1. The summed E-state index contributed by atoms with van der Waals surface area (Å²) in [7, 11) is 0. The van der Waals surface area contributed by atoms with Gasteiger partial charge in [-0.2, -0.15) is 0 Å². The molecule has 4 heteroatoms.